The highest BCUT2D eigenvalue weighted by Gasteiger charge is 2.18. The molecule has 2 aromatic carbocycles. The summed E-state index contributed by atoms with van der Waals surface area (Å²) in [6, 6.07) is 9.49. The van der Waals surface area contributed by atoms with Crippen LogP contribution in [0.2, 0.25) is 0 Å². The van der Waals surface area contributed by atoms with Crippen molar-refractivity contribution >= 4 is 24.4 Å². The van der Waals surface area contributed by atoms with Gasteiger partial charge in [0.2, 0.25) is 0 Å². The number of fused-ring (bicyclic) bond motifs is 2. The molecule has 0 atom stereocenters. The van der Waals surface area contributed by atoms with Crippen molar-refractivity contribution in [3.05, 3.63) is 47.0 Å². The van der Waals surface area contributed by atoms with Gasteiger partial charge in [0.05, 0.1) is 0 Å². The van der Waals surface area contributed by atoms with E-state index in [1.165, 1.54) is 22.1 Å². The van der Waals surface area contributed by atoms with Crippen LogP contribution in [0.1, 0.15) is 16.7 Å². The summed E-state index contributed by atoms with van der Waals surface area (Å²) in [6.45, 7) is 0. The maximum atomic E-state index is 9.96. The highest BCUT2D eigenvalue weighted by atomic mass is 32.2. The molecule has 1 heterocycles. The van der Waals surface area contributed by atoms with Crippen LogP contribution in [-0.2, 0) is 18.6 Å². The van der Waals surface area contributed by atoms with E-state index in [9.17, 15) is 10.2 Å². The SMILES string of the molecule is Oc1cc(O)c2c(c1)Sc1ccc(CS)cc1CC2. The molecule has 0 unspecified atom stereocenters. The molecule has 2 aromatic rings. The molecular formula is C15H14O2S2. The fraction of sp³-hybridized carbons (Fsp3) is 0.200. The van der Waals surface area contributed by atoms with E-state index in [0.29, 0.717) is 0 Å². The fourth-order valence-corrected chi connectivity index (χ4v) is 3.73. The van der Waals surface area contributed by atoms with Gasteiger partial charge in [0.25, 0.3) is 0 Å². The summed E-state index contributed by atoms with van der Waals surface area (Å²) >= 11 is 5.91. The van der Waals surface area contributed by atoms with Gasteiger partial charge in [-0.05, 0) is 36.1 Å². The standard InChI is InChI=1S/C15H14O2S2/c16-11-6-13(17)12-3-2-10-5-9(8-18)1-4-14(10)19-15(12)7-11/h1,4-7,16-18H,2-3,8H2. The lowest BCUT2D eigenvalue weighted by molar-refractivity contribution is 0.442. The van der Waals surface area contributed by atoms with E-state index < -0.39 is 0 Å². The second kappa shape index (κ2) is 5.02. The molecule has 1 aliphatic rings. The second-order valence-corrected chi connectivity index (χ2v) is 6.04. The molecule has 0 aliphatic carbocycles. The van der Waals surface area contributed by atoms with Crippen molar-refractivity contribution < 1.29 is 10.2 Å². The molecule has 0 fully saturated rings. The summed E-state index contributed by atoms with van der Waals surface area (Å²) < 4.78 is 0. The number of benzene rings is 2. The largest absolute Gasteiger partial charge is 0.508 e. The normalized spacial score (nSPS) is 13.5. The minimum absolute atomic E-state index is 0.110. The van der Waals surface area contributed by atoms with Crippen molar-refractivity contribution in [3.8, 4) is 11.5 Å². The van der Waals surface area contributed by atoms with Gasteiger partial charge in [0.15, 0.2) is 0 Å². The Labute approximate surface area is 121 Å². The highest BCUT2D eigenvalue weighted by Crippen LogP contribution is 2.42. The Kier molecular flexibility index (Phi) is 3.37. The number of thiol groups is 1. The Morgan fingerprint density at radius 2 is 1.89 bits per heavy atom. The number of aromatic hydroxyl groups is 2. The summed E-state index contributed by atoms with van der Waals surface area (Å²) in [6.07, 6.45) is 1.69. The van der Waals surface area contributed by atoms with Gasteiger partial charge in [-0.1, -0.05) is 23.9 Å². The minimum Gasteiger partial charge on any atom is -0.508 e. The molecule has 19 heavy (non-hydrogen) atoms. The van der Waals surface area contributed by atoms with Crippen LogP contribution >= 0.6 is 24.4 Å². The third-order valence-electron chi connectivity index (χ3n) is 3.34. The Morgan fingerprint density at radius 3 is 2.68 bits per heavy atom. The highest BCUT2D eigenvalue weighted by molar-refractivity contribution is 7.99. The predicted octanol–water partition coefficient (Wildman–Crippen LogP) is 3.78. The number of rotatable bonds is 1. The molecule has 98 valence electrons. The molecule has 0 radical (unpaired) electrons. The lowest BCUT2D eigenvalue weighted by Gasteiger charge is -2.08. The maximum Gasteiger partial charge on any atom is 0.123 e. The molecule has 1 aliphatic heterocycles. The lowest BCUT2D eigenvalue weighted by atomic mass is 10.0. The van der Waals surface area contributed by atoms with Gasteiger partial charge in [-0.3, -0.25) is 0 Å². The van der Waals surface area contributed by atoms with E-state index in [2.05, 4.69) is 30.8 Å². The van der Waals surface area contributed by atoms with E-state index in [4.69, 9.17) is 0 Å². The predicted molar refractivity (Wildman–Crippen MR) is 80.4 cm³/mol. The molecule has 0 bridgehead atoms. The van der Waals surface area contributed by atoms with Crippen LogP contribution in [0.25, 0.3) is 0 Å². The number of hydrogen-bond acceptors (Lipinski definition) is 4. The zero-order chi connectivity index (χ0) is 13.4. The van der Waals surface area contributed by atoms with Gasteiger partial charge in [0, 0.05) is 27.2 Å². The minimum atomic E-state index is 0.110. The molecule has 3 rings (SSSR count). The Hall–Kier alpha value is -1.26. The molecule has 2 N–H and O–H groups in total. The average Bonchev–Trinajstić information content (AvgIpc) is 2.56. The molecule has 0 saturated heterocycles. The fourth-order valence-electron chi connectivity index (χ4n) is 2.36. The smallest absolute Gasteiger partial charge is 0.123 e. The topological polar surface area (TPSA) is 40.5 Å². The van der Waals surface area contributed by atoms with Crippen molar-refractivity contribution in [3.63, 3.8) is 0 Å². The lowest BCUT2D eigenvalue weighted by Crippen LogP contribution is -1.92. The van der Waals surface area contributed by atoms with Crippen molar-refractivity contribution in [1.29, 1.82) is 0 Å². The number of aryl methyl sites for hydroxylation is 1. The van der Waals surface area contributed by atoms with Gasteiger partial charge in [-0.25, -0.2) is 0 Å². The quantitative estimate of drug-likeness (QED) is 0.700. The second-order valence-electron chi connectivity index (χ2n) is 4.64. The van der Waals surface area contributed by atoms with Crippen LogP contribution in [-0.4, -0.2) is 10.2 Å². The summed E-state index contributed by atoms with van der Waals surface area (Å²) in [5.74, 6) is 1.03. The maximum absolute atomic E-state index is 9.96. The van der Waals surface area contributed by atoms with Crippen LogP contribution < -0.4 is 0 Å². The third-order valence-corrected chi connectivity index (χ3v) is 4.91. The molecule has 0 saturated carbocycles. The van der Waals surface area contributed by atoms with Gasteiger partial charge in [-0.15, -0.1) is 0 Å². The van der Waals surface area contributed by atoms with E-state index >= 15 is 0 Å². The van der Waals surface area contributed by atoms with E-state index in [0.717, 1.165) is 29.1 Å². The Bertz CT molecular complexity index is 638. The number of phenols is 2. The molecule has 0 spiro atoms. The molecular weight excluding hydrogens is 276 g/mol. The Morgan fingerprint density at radius 1 is 1.05 bits per heavy atom. The van der Waals surface area contributed by atoms with Gasteiger partial charge in [-0.2, -0.15) is 12.6 Å². The first-order valence-corrected chi connectivity index (χ1v) is 7.57. The average molecular weight is 290 g/mol. The summed E-state index contributed by atoms with van der Waals surface area (Å²) in [7, 11) is 0. The van der Waals surface area contributed by atoms with Gasteiger partial charge >= 0.3 is 0 Å². The number of hydrogen-bond donors (Lipinski definition) is 3. The van der Waals surface area contributed by atoms with Crippen molar-refractivity contribution in [1.82, 2.24) is 0 Å². The van der Waals surface area contributed by atoms with Crippen molar-refractivity contribution in [2.75, 3.05) is 0 Å². The summed E-state index contributed by atoms with van der Waals surface area (Å²) in [5.41, 5.74) is 3.42. The van der Waals surface area contributed by atoms with Crippen LogP contribution in [0.15, 0.2) is 40.1 Å². The zero-order valence-electron chi connectivity index (χ0n) is 10.3. The molecule has 4 heteroatoms. The van der Waals surface area contributed by atoms with E-state index in [1.54, 1.807) is 17.8 Å². The Balaban J connectivity index is 2.07. The van der Waals surface area contributed by atoms with Crippen LogP contribution in [0.5, 0.6) is 11.5 Å². The monoisotopic (exact) mass is 290 g/mol. The first kappa shape index (κ1) is 12.8. The first-order valence-electron chi connectivity index (χ1n) is 6.13. The third kappa shape index (κ3) is 2.42. The first-order chi connectivity index (χ1) is 9.17. The molecule has 0 aromatic heterocycles. The van der Waals surface area contributed by atoms with Crippen LogP contribution in [0, 0.1) is 0 Å². The van der Waals surface area contributed by atoms with E-state index in [1.807, 2.05) is 0 Å². The molecule has 2 nitrogen and oxygen atoms in total. The molecule has 0 amide bonds. The van der Waals surface area contributed by atoms with Gasteiger partial charge < -0.3 is 10.2 Å². The van der Waals surface area contributed by atoms with Gasteiger partial charge in [0.1, 0.15) is 11.5 Å². The van der Waals surface area contributed by atoms with Crippen LogP contribution in [0.4, 0.5) is 0 Å². The van der Waals surface area contributed by atoms with E-state index in [-0.39, 0.29) is 11.5 Å². The van der Waals surface area contributed by atoms with Crippen molar-refractivity contribution in [2.24, 2.45) is 0 Å². The zero-order valence-corrected chi connectivity index (χ0v) is 12.0. The van der Waals surface area contributed by atoms with Crippen molar-refractivity contribution in [2.45, 2.75) is 28.4 Å². The summed E-state index contributed by atoms with van der Waals surface area (Å²) in [4.78, 5) is 2.13. The number of phenolic OH excluding ortho intramolecular Hbond substituents is 2. The van der Waals surface area contributed by atoms with Crippen LogP contribution in [0.3, 0.4) is 0 Å². The summed E-state index contributed by atoms with van der Waals surface area (Å²) in [5, 5.41) is 19.6.